The van der Waals surface area contributed by atoms with Gasteiger partial charge in [0.25, 0.3) is 0 Å². The van der Waals surface area contributed by atoms with Gasteiger partial charge >= 0.3 is 6.03 Å². The Balaban J connectivity index is 1.87. The third-order valence-corrected chi connectivity index (χ3v) is 4.23. The monoisotopic (exact) mass is 303 g/mol. The maximum Gasteiger partial charge on any atom is 0.315 e. The van der Waals surface area contributed by atoms with Crippen molar-refractivity contribution in [2.24, 2.45) is 5.92 Å². The summed E-state index contributed by atoms with van der Waals surface area (Å²) in [5.74, 6) is 0.417. The smallest absolute Gasteiger partial charge is 0.315 e. The number of aromatic nitrogens is 1. The topological polar surface area (TPSA) is 54.0 Å². The first-order chi connectivity index (χ1) is 10.1. The summed E-state index contributed by atoms with van der Waals surface area (Å²) in [4.78, 5) is 16.3. The maximum atomic E-state index is 11.8. The zero-order chi connectivity index (χ0) is 15.2. The second kappa shape index (κ2) is 7.22. The highest BCUT2D eigenvalue weighted by atomic mass is 32.1. The Morgan fingerprint density at radius 3 is 2.62 bits per heavy atom. The van der Waals surface area contributed by atoms with Crippen molar-refractivity contribution in [1.29, 1.82) is 0 Å². The Morgan fingerprint density at radius 2 is 1.95 bits per heavy atom. The van der Waals surface area contributed by atoms with Gasteiger partial charge in [-0.3, -0.25) is 0 Å². The quantitative estimate of drug-likeness (QED) is 0.885. The van der Waals surface area contributed by atoms with Crippen LogP contribution in [-0.4, -0.2) is 17.1 Å². The highest BCUT2D eigenvalue weighted by molar-refractivity contribution is 7.09. The Hall–Kier alpha value is -1.88. The summed E-state index contributed by atoms with van der Waals surface area (Å²) < 4.78 is 0. The maximum absolute atomic E-state index is 11.8. The van der Waals surface area contributed by atoms with Gasteiger partial charge in [-0.2, -0.15) is 0 Å². The van der Waals surface area contributed by atoms with E-state index >= 15 is 0 Å². The van der Waals surface area contributed by atoms with Crippen LogP contribution in [0.25, 0.3) is 11.3 Å². The summed E-state index contributed by atoms with van der Waals surface area (Å²) >= 11 is 1.56. The molecule has 2 rings (SSSR count). The molecule has 112 valence electrons. The molecule has 2 N–H and O–H groups in total. The van der Waals surface area contributed by atoms with Crippen LogP contribution in [0.15, 0.2) is 35.7 Å². The molecular formula is C16H21N3OS. The summed E-state index contributed by atoms with van der Waals surface area (Å²) in [5, 5.41) is 8.68. The minimum Gasteiger partial charge on any atom is -0.335 e. The van der Waals surface area contributed by atoms with E-state index in [9.17, 15) is 4.79 Å². The molecule has 1 heterocycles. The third-order valence-electron chi connectivity index (χ3n) is 3.38. The van der Waals surface area contributed by atoms with Gasteiger partial charge in [-0.15, -0.1) is 11.3 Å². The van der Waals surface area contributed by atoms with Crippen LogP contribution >= 0.6 is 11.3 Å². The number of carbonyl (C=O) groups excluding carboxylic acids is 1. The van der Waals surface area contributed by atoms with Crippen LogP contribution in [-0.2, 0) is 6.54 Å². The van der Waals surface area contributed by atoms with Crippen LogP contribution in [0.5, 0.6) is 0 Å². The van der Waals surface area contributed by atoms with Crippen LogP contribution in [0.4, 0.5) is 4.79 Å². The number of carbonyl (C=O) groups is 1. The van der Waals surface area contributed by atoms with E-state index in [0.29, 0.717) is 12.5 Å². The van der Waals surface area contributed by atoms with Crippen molar-refractivity contribution in [3.63, 3.8) is 0 Å². The average Bonchev–Trinajstić information content (AvgIpc) is 2.95. The predicted molar refractivity (Wildman–Crippen MR) is 87.2 cm³/mol. The number of thiazole rings is 1. The van der Waals surface area contributed by atoms with Crippen molar-refractivity contribution < 1.29 is 4.79 Å². The largest absolute Gasteiger partial charge is 0.335 e. The van der Waals surface area contributed by atoms with Gasteiger partial charge in [0.1, 0.15) is 5.01 Å². The molecule has 2 amide bonds. The van der Waals surface area contributed by atoms with Gasteiger partial charge in [-0.25, -0.2) is 9.78 Å². The van der Waals surface area contributed by atoms with E-state index in [1.807, 2.05) is 42.6 Å². The fourth-order valence-corrected chi connectivity index (χ4v) is 2.46. The van der Waals surface area contributed by atoms with Crippen molar-refractivity contribution in [3.8, 4) is 11.3 Å². The lowest BCUT2D eigenvalue weighted by molar-refractivity contribution is 0.234. The lowest BCUT2D eigenvalue weighted by Crippen LogP contribution is -2.42. The van der Waals surface area contributed by atoms with E-state index in [2.05, 4.69) is 29.5 Å². The molecule has 0 saturated heterocycles. The SMILES string of the molecule is CC(C)C(C)NC(=O)NCc1nc(-c2ccccc2)cs1. The highest BCUT2D eigenvalue weighted by Crippen LogP contribution is 2.21. The number of rotatable bonds is 5. The molecule has 1 aromatic carbocycles. The van der Waals surface area contributed by atoms with E-state index in [1.165, 1.54) is 0 Å². The molecule has 0 saturated carbocycles. The minimum atomic E-state index is -0.146. The van der Waals surface area contributed by atoms with Gasteiger partial charge in [0.15, 0.2) is 0 Å². The normalized spacial score (nSPS) is 12.2. The van der Waals surface area contributed by atoms with Gasteiger partial charge in [0, 0.05) is 17.0 Å². The second-order valence-corrected chi connectivity index (χ2v) is 6.29. The number of amides is 2. The fraction of sp³-hybridized carbons (Fsp3) is 0.375. The number of hydrogen-bond donors (Lipinski definition) is 2. The van der Waals surface area contributed by atoms with E-state index in [0.717, 1.165) is 16.3 Å². The molecule has 0 spiro atoms. The summed E-state index contributed by atoms with van der Waals surface area (Å²) in [7, 11) is 0. The molecule has 1 atom stereocenters. The van der Waals surface area contributed by atoms with Gasteiger partial charge in [-0.1, -0.05) is 44.2 Å². The fourth-order valence-electron chi connectivity index (χ4n) is 1.71. The molecule has 5 heteroatoms. The van der Waals surface area contributed by atoms with E-state index < -0.39 is 0 Å². The van der Waals surface area contributed by atoms with E-state index in [1.54, 1.807) is 11.3 Å². The van der Waals surface area contributed by atoms with Crippen LogP contribution in [0.3, 0.4) is 0 Å². The van der Waals surface area contributed by atoms with Crippen LogP contribution < -0.4 is 10.6 Å². The highest BCUT2D eigenvalue weighted by Gasteiger charge is 2.11. The Labute approximate surface area is 129 Å². The van der Waals surface area contributed by atoms with Crippen LogP contribution in [0, 0.1) is 5.92 Å². The number of hydrogen-bond acceptors (Lipinski definition) is 3. The first-order valence-electron chi connectivity index (χ1n) is 7.10. The molecule has 1 unspecified atom stereocenters. The van der Waals surface area contributed by atoms with Crippen molar-refractivity contribution in [2.45, 2.75) is 33.4 Å². The lowest BCUT2D eigenvalue weighted by atomic mass is 10.1. The number of benzene rings is 1. The zero-order valence-corrected chi connectivity index (χ0v) is 13.4. The summed E-state index contributed by atoms with van der Waals surface area (Å²) in [5.41, 5.74) is 2.05. The Bertz CT molecular complexity index is 580. The van der Waals surface area contributed by atoms with E-state index in [-0.39, 0.29) is 12.1 Å². The third kappa shape index (κ3) is 4.56. The van der Waals surface area contributed by atoms with Crippen molar-refractivity contribution >= 4 is 17.4 Å². The molecule has 2 aromatic rings. The van der Waals surface area contributed by atoms with Gasteiger partial charge in [0.2, 0.25) is 0 Å². The number of nitrogens with one attached hydrogen (secondary N) is 2. The molecule has 21 heavy (non-hydrogen) atoms. The Morgan fingerprint density at radius 1 is 1.24 bits per heavy atom. The molecule has 0 fully saturated rings. The van der Waals surface area contributed by atoms with Crippen LogP contribution in [0.2, 0.25) is 0 Å². The van der Waals surface area contributed by atoms with Crippen molar-refractivity contribution in [3.05, 3.63) is 40.7 Å². The van der Waals surface area contributed by atoms with E-state index in [4.69, 9.17) is 0 Å². The molecule has 0 radical (unpaired) electrons. The number of nitrogens with zero attached hydrogens (tertiary/aromatic N) is 1. The molecular weight excluding hydrogens is 282 g/mol. The average molecular weight is 303 g/mol. The first kappa shape index (κ1) is 15.5. The molecule has 4 nitrogen and oxygen atoms in total. The summed E-state index contributed by atoms with van der Waals surface area (Å²) in [6, 6.07) is 10.0. The molecule has 1 aromatic heterocycles. The summed E-state index contributed by atoms with van der Waals surface area (Å²) in [6.45, 7) is 6.62. The van der Waals surface area contributed by atoms with Crippen molar-refractivity contribution in [1.82, 2.24) is 15.6 Å². The van der Waals surface area contributed by atoms with Gasteiger partial charge in [-0.05, 0) is 12.8 Å². The summed E-state index contributed by atoms with van der Waals surface area (Å²) in [6.07, 6.45) is 0. The first-order valence-corrected chi connectivity index (χ1v) is 7.98. The molecule has 0 bridgehead atoms. The zero-order valence-electron chi connectivity index (χ0n) is 12.6. The Kier molecular flexibility index (Phi) is 5.33. The number of urea groups is 1. The minimum absolute atomic E-state index is 0.146. The van der Waals surface area contributed by atoms with Crippen molar-refractivity contribution in [2.75, 3.05) is 0 Å². The predicted octanol–water partition coefficient (Wildman–Crippen LogP) is 3.65. The lowest BCUT2D eigenvalue weighted by Gasteiger charge is -2.17. The van der Waals surface area contributed by atoms with Gasteiger partial charge < -0.3 is 10.6 Å². The van der Waals surface area contributed by atoms with Gasteiger partial charge in [0.05, 0.1) is 12.2 Å². The molecule has 0 aliphatic carbocycles. The molecule has 0 aliphatic heterocycles. The van der Waals surface area contributed by atoms with Crippen LogP contribution in [0.1, 0.15) is 25.8 Å². The second-order valence-electron chi connectivity index (χ2n) is 5.35. The standard InChI is InChI=1S/C16H21N3OS/c1-11(2)12(3)18-16(20)17-9-15-19-14(10-21-15)13-7-5-4-6-8-13/h4-8,10-12H,9H2,1-3H3,(H2,17,18,20). The molecule has 0 aliphatic rings.